The standard InChI is InChI=1S/C15H20N2O2S/c16-10-12-7-9-20-14(12)15(19)17-13(6-8-18)11-4-2-1-3-5-11/h7,9,11,13,18H,1-6,8H2,(H,17,19). The molecule has 1 atom stereocenters. The van der Waals surface area contributed by atoms with Crippen molar-refractivity contribution in [3.05, 3.63) is 21.9 Å². The van der Waals surface area contributed by atoms with Crippen LogP contribution in [0, 0.1) is 17.2 Å². The number of aliphatic hydroxyl groups excluding tert-OH is 1. The smallest absolute Gasteiger partial charge is 0.262 e. The lowest BCUT2D eigenvalue weighted by Crippen LogP contribution is -2.41. The Bertz CT molecular complexity index is 486. The van der Waals surface area contributed by atoms with Crippen LogP contribution in [0.3, 0.4) is 0 Å². The molecular weight excluding hydrogens is 272 g/mol. The highest BCUT2D eigenvalue weighted by Crippen LogP contribution is 2.28. The third-order valence-corrected chi connectivity index (χ3v) is 4.88. The molecule has 20 heavy (non-hydrogen) atoms. The van der Waals surface area contributed by atoms with Gasteiger partial charge in [0.2, 0.25) is 0 Å². The van der Waals surface area contributed by atoms with E-state index in [4.69, 9.17) is 5.26 Å². The minimum Gasteiger partial charge on any atom is -0.396 e. The molecule has 1 amide bonds. The SMILES string of the molecule is N#Cc1ccsc1C(=O)NC(CCO)C1CCCCC1. The monoisotopic (exact) mass is 292 g/mol. The second-order valence-corrected chi connectivity index (χ2v) is 6.18. The predicted molar refractivity (Wildman–Crippen MR) is 78.6 cm³/mol. The molecule has 1 fully saturated rings. The first-order chi connectivity index (χ1) is 9.76. The Morgan fingerprint density at radius 3 is 2.90 bits per heavy atom. The van der Waals surface area contributed by atoms with E-state index in [1.807, 2.05) is 6.07 Å². The molecule has 0 aliphatic heterocycles. The maximum absolute atomic E-state index is 12.3. The summed E-state index contributed by atoms with van der Waals surface area (Å²) in [5, 5.41) is 23.0. The zero-order chi connectivity index (χ0) is 14.4. The number of carbonyl (C=O) groups excluding carboxylic acids is 1. The summed E-state index contributed by atoms with van der Waals surface area (Å²) in [5.74, 6) is 0.269. The van der Waals surface area contributed by atoms with Crippen LogP contribution in [0.5, 0.6) is 0 Å². The first kappa shape index (κ1) is 15.0. The summed E-state index contributed by atoms with van der Waals surface area (Å²) in [6, 6.07) is 3.72. The highest BCUT2D eigenvalue weighted by molar-refractivity contribution is 7.12. The van der Waals surface area contributed by atoms with Crippen molar-refractivity contribution in [3.8, 4) is 6.07 Å². The maximum atomic E-state index is 12.3. The molecule has 1 aliphatic rings. The second kappa shape index (κ2) is 7.41. The van der Waals surface area contributed by atoms with Gasteiger partial charge in [-0.3, -0.25) is 4.79 Å². The third-order valence-electron chi connectivity index (χ3n) is 3.97. The number of nitrogens with zero attached hydrogens (tertiary/aromatic N) is 1. The predicted octanol–water partition coefficient (Wildman–Crippen LogP) is 2.68. The molecule has 2 N–H and O–H groups in total. The maximum Gasteiger partial charge on any atom is 0.262 e. The van der Waals surface area contributed by atoms with Gasteiger partial charge in [-0.05, 0) is 36.6 Å². The number of rotatable bonds is 5. The van der Waals surface area contributed by atoms with Gasteiger partial charge in [0.15, 0.2) is 0 Å². The van der Waals surface area contributed by atoms with E-state index in [0.717, 1.165) is 12.8 Å². The van der Waals surface area contributed by atoms with Gasteiger partial charge in [0.1, 0.15) is 10.9 Å². The average molecular weight is 292 g/mol. The Hall–Kier alpha value is -1.38. The number of carbonyl (C=O) groups is 1. The summed E-state index contributed by atoms with van der Waals surface area (Å²) < 4.78 is 0. The fourth-order valence-corrected chi connectivity index (χ4v) is 3.66. The Balaban J connectivity index is 2.04. The summed E-state index contributed by atoms with van der Waals surface area (Å²) in [4.78, 5) is 12.8. The highest BCUT2D eigenvalue weighted by Gasteiger charge is 2.26. The van der Waals surface area contributed by atoms with Crippen LogP contribution in [-0.2, 0) is 0 Å². The van der Waals surface area contributed by atoms with E-state index in [1.54, 1.807) is 11.4 Å². The van der Waals surface area contributed by atoms with Gasteiger partial charge in [-0.2, -0.15) is 5.26 Å². The normalized spacial score (nSPS) is 17.4. The molecule has 1 aromatic rings. The van der Waals surface area contributed by atoms with Crippen LogP contribution in [0.1, 0.15) is 53.8 Å². The van der Waals surface area contributed by atoms with E-state index in [1.165, 1.54) is 30.6 Å². The van der Waals surface area contributed by atoms with Crippen LogP contribution in [-0.4, -0.2) is 23.7 Å². The van der Waals surface area contributed by atoms with Gasteiger partial charge < -0.3 is 10.4 Å². The van der Waals surface area contributed by atoms with E-state index in [0.29, 0.717) is 22.8 Å². The molecule has 4 nitrogen and oxygen atoms in total. The van der Waals surface area contributed by atoms with Crippen molar-refractivity contribution in [2.24, 2.45) is 5.92 Å². The summed E-state index contributed by atoms with van der Waals surface area (Å²) >= 11 is 1.29. The van der Waals surface area contributed by atoms with Gasteiger partial charge in [0.05, 0.1) is 5.56 Å². The fraction of sp³-hybridized carbons (Fsp3) is 0.600. The molecule has 0 saturated heterocycles. The van der Waals surface area contributed by atoms with Crippen LogP contribution < -0.4 is 5.32 Å². The largest absolute Gasteiger partial charge is 0.396 e. The quantitative estimate of drug-likeness (QED) is 0.876. The molecule has 1 unspecified atom stereocenters. The fourth-order valence-electron chi connectivity index (χ4n) is 2.91. The lowest BCUT2D eigenvalue weighted by atomic mass is 9.82. The van der Waals surface area contributed by atoms with Crippen molar-refractivity contribution in [3.63, 3.8) is 0 Å². The third kappa shape index (κ3) is 3.59. The van der Waals surface area contributed by atoms with Gasteiger partial charge in [-0.15, -0.1) is 11.3 Å². The van der Waals surface area contributed by atoms with Gasteiger partial charge in [0, 0.05) is 12.6 Å². The van der Waals surface area contributed by atoms with E-state index in [-0.39, 0.29) is 18.6 Å². The number of thiophene rings is 1. The highest BCUT2D eigenvalue weighted by atomic mass is 32.1. The molecule has 0 spiro atoms. The summed E-state index contributed by atoms with van der Waals surface area (Å²) in [6.45, 7) is 0.0804. The minimum absolute atomic E-state index is 0.0152. The van der Waals surface area contributed by atoms with E-state index < -0.39 is 0 Å². The van der Waals surface area contributed by atoms with Crippen LogP contribution in [0.15, 0.2) is 11.4 Å². The van der Waals surface area contributed by atoms with Crippen molar-refractivity contribution in [2.45, 2.75) is 44.6 Å². The molecule has 1 aromatic heterocycles. The molecule has 1 aliphatic carbocycles. The molecule has 2 rings (SSSR count). The first-order valence-corrected chi connectivity index (χ1v) is 8.03. The van der Waals surface area contributed by atoms with Crippen molar-refractivity contribution in [2.75, 3.05) is 6.61 Å². The summed E-state index contributed by atoms with van der Waals surface area (Å²) in [6.07, 6.45) is 6.47. The molecule has 0 aromatic carbocycles. The molecule has 1 heterocycles. The Labute approximate surface area is 123 Å². The van der Waals surface area contributed by atoms with Crippen LogP contribution in [0.25, 0.3) is 0 Å². The average Bonchev–Trinajstić information content (AvgIpc) is 2.96. The Morgan fingerprint density at radius 1 is 1.50 bits per heavy atom. The molecule has 0 bridgehead atoms. The topological polar surface area (TPSA) is 73.1 Å². The van der Waals surface area contributed by atoms with E-state index in [2.05, 4.69) is 5.32 Å². The number of aliphatic hydroxyl groups is 1. The Kier molecular flexibility index (Phi) is 5.57. The van der Waals surface area contributed by atoms with Crippen LogP contribution in [0.4, 0.5) is 0 Å². The second-order valence-electron chi connectivity index (χ2n) is 5.27. The zero-order valence-electron chi connectivity index (χ0n) is 11.5. The molecular formula is C15H20N2O2S. The van der Waals surface area contributed by atoms with Gasteiger partial charge in [-0.1, -0.05) is 19.3 Å². The van der Waals surface area contributed by atoms with E-state index in [9.17, 15) is 9.90 Å². The summed E-state index contributed by atoms with van der Waals surface area (Å²) in [7, 11) is 0. The van der Waals surface area contributed by atoms with Crippen molar-refractivity contribution in [1.82, 2.24) is 5.32 Å². The lowest BCUT2D eigenvalue weighted by Gasteiger charge is -2.30. The number of hydrogen-bond donors (Lipinski definition) is 2. The van der Waals surface area contributed by atoms with Gasteiger partial charge in [0.25, 0.3) is 5.91 Å². The molecule has 5 heteroatoms. The number of nitrogens with one attached hydrogen (secondary N) is 1. The van der Waals surface area contributed by atoms with E-state index >= 15 is 0 Å². The van der Waals surface area contributed by atoms with Crippen molar-refractivity contribution >= 4 is 17.2 Å². The molecule has 0 radical (unpaired) electrons. The number of nitriles is 1. The minimum atomic E-state index is -0.180. The van der Waals surface area contributed by atoms with Crippen molar-refractivity contribution in [1.29, 1.82) is 5.26 Å². The van der Waals surface area contributed by atoms with Crippen molar-refractivity contribution < 1.29 is 9.90 Å². The lowest BCUT2D eigenvalue weighted by molar-refractivity contribution is 0.0903. The molecule has 108 valence electrons. The first-order valence-electron chi connectivity index (χ1n) is 7.15. The van der Waals surface area contributed by atoms with Gasteiger partial charge in [-0.25, -0.2) is 0 Å². The summed E-state index contributed by atoms with van der Waals surface area (Å²) in [5.41, 5.74) is 0.430. The Morgan fingerprint density at radius 2 is 2.25 bits per heavy atom. The molecule has 1 saturated carbocycles. The van der Waals surface area contributed by atoms with Crippen LogP contribution >= 0.6 is 11.3 Å². The number of amides is 1. The van der Waals surface area contributed by atoms with Crippen LogP contribution in [0.2, 0.25) is 0 Å². The number of hydrogen-bond acceptors (Lipinski definition) is 4. The van der Waals surface area contributed by atoms with Gasteiger partial charge >= 0.3 is 0 Å². The zero-order valence-corrected chi connectivity index (χ0v) is 12.3.